The molecule has 176 valence electrons. The van der Waals surface area contributed by atoms with Crippen LogP contribution in [0, 0.1) is 20.2 Å². The number of anilines is 3. The van der Waals surface area contributed by atoms with Gasteiger partial charge in [-0.3, -0.25) is 35.9 Å². The molecule has 34 heavy (non-hydrogen) atoms. The lowest BCUT2D eigenvalue weighted by Gasteiger charge is -2.13. The quantitative estimate of drug-likeness (QED) is 0.295. The number of nitro benzene ring substituents is 1. The summed E-state index contributed by atoms with van der Waals surface area (Å²) in [4.78, 5) is 41.4. The molecule has 3 N–H and O–H groups in total. The van der Waals surface area contributed by atoms with Crippen LogP contribution in [0.3, 0.4) is 0 Å². The Bertz CT molecular complexity index is 1270. The fourth-order valence-corrected chi connectivity index (χ4v) is 2.93. The van der Waals surface area contributed by atoms with Gasteiger partial charge in [0.2, 0.25) is 11.6 Å². The van der Waals surface area contributed by atoms with Crippen molar-refractivity contribution in [2.24, 2.45) is 0 Å². The summed E-state index contributed by atoms with van der Waals surface area (Å²) in [5.41, 5.74) is 3.74. The molecule has 0 saturated heterocycles. The summed E-state index contributed by atoms with van der Waals surface area (Å²) < 4.78 is 10.4. The molecule has 15 heteroatoms. The largest absolute Gasteiger partial charge is 0.497 e. The minimum Gasteiger partial charge on any atom is -0.497 e. The van der Waals surface area contributed by atoms with Crippen molar-refractivity contribution in [2.75, 3.05) is 25.0 Å². The van der Waals surface area contributed by atoms with Crippen LogP contribution in [0.25, 0.3) is 0 Å². The summed E-state index contributed by atoms with van der Waals surface area (Å²) in [5.74, 6) is -0.514. The maximum absolute atomic E-state index is 12.4. The molecule has 0 saturated carbocycles. The minimum absolute atomic E-state index is 0.110. The molecule has 14 nitrogen and oxygen atoms in total. The van der Waals surface area contributed by atoms with Crippen molar-refractivity contribution in [3.8, 4) is 11.5 Å². The van der Waals surface area contributed by atoms with Crippen LogP contribution in [0.1, 0.15) is 10.4 Å². The number of nitro groups is 2. The molecule has 1 heterocycles. The normalized spacial score (nSPS) is 10.2. The van der Waals surface area contributed by atoms with Gasteiger partial charge in [-0.1, -0.05) is 11.6 Å². The van der Waals surface area contributed by atoms with Crippen LogP contribution >= 0.6 is 11.6 Å². The number of hydrogen-bond acceptors (Lipinski definition) is 11. The highest BCUT2D eigenvalue weighted by Crippen LogP contribution is 2.35. The zero-order valence-electron chi connectivity index (χ0n) is 17.6. The molecular formula is C19H16ClN7O7. The molecule has 1 aromatic heterocycles. The second-order valence-electron chi connectivity index (χ2n) is 6.37. The summed E-state index contributed by atoms with van der Waals surface area (Å²) in [5, 5.41) is 25.4. The second-order valence-corrected chi connectivity index (χ2v) is 6.78. The Morgan fingerprint density at radius 3 is 2.38 bits per heavy atom. The molecule has 3 aromatic rings. The number of nitrogens with zero attached hydrogens (tertiary/aromatic N) is 4. The number of amides is 1. The highest BCUT2D eigenvalue weighted by atomic mass is 35.5. The predicted molar refractivity (Wildman–Crippen MR) is 121 cm³/mol. The van der Waals surface area contributed by atoms with Gasteiger partial charge in [-0.2, -0.15) is 0 Å². The molecule has 3 rings (SSSR count). The van der Waals surface area contributed by atoms with Gasteiger partial charge in [-0.15, -0.1) is 0 Å². The standard InChI is InChI=1S/C19H16ClN7O7/c1-33-11-4-6-13(15(8-11)34-2)23-17-16(27(31)32)18(22-9-21-17)24-25-19(28)10-3-5-12(20)14(7-10)26(29)30/h3-9H,1-2H3,(H,25,28)(H2,21,22,23,24). The molecule has 0 spiro atoms. The van der Waals surface area contributed by atoms with Crippen LogP contribution in [-0.2, 0) is 0 Å². The summed E-state index contributed by atoms with van der Waals surface area (Å²) in [7, 11) is 2.89. The number of halogens is 1. The minimum atomic E-state index is -0.820. The lowest BCUT2D eigenvalue weighted by molar-refractivity contribution is -0.384. The zero-order chi connectivity index (χ0) is 24.8. The maximum atomic E-state index is 12.4. The van der Waals surface area contributed by atoms with Gasteiger partial charge in [0, 0.05) is 17.7 Å². The number of methoxy groups -OCH3 is 2. The van der Waals surface area contributed by atoms with Gasteiger partial charge in [-0.05, 0) is 24.3 Å². The molecule has 0 radical (unpaired) electrons. The van der Waals surface area contributed by atoms with Crippen LogP contribution in [0.5, 0.6) is 11.5 Å². The van der Waals surface area contributed by atoms with Crippen molar-refractivity contribution in [1.82, 2.24) is 15.4 Å². The molecule has 0 bridgehead atoms. The average Bonchev–Trinajstić information content (AvgIpc) is 2.82. The lowest BCUT2D eigenvalue weighted by atomic mass is 10.2. The Morgan fingerprint density at radius 2 is 1.74 bits per heavy atom. The van der Waals surface area contributed by atoms with E-state index in [1.165, 1.54) is 26.4 Å². The van der Waals surface area contributed by atoms with Gasteiger partial charge < -0.3 is 14.8 Å². The van der Waals surface area contributed by atoms with Crippen LogP contribution in [0.2, 0.25) is 5.02 Å². The molecular weight excluding hydrogens is 474 g/mol. The molecule has 0 fully saturated rings. The molecule has 0 aliphatic rings. The predicted octanol–water partition coefficient (Wildman–Crippen LogP) is 3.46. The van der Waals surface area contributed by atoms with Gasteiger partial charge in [0.15, 0.2) is 0 Å². The van der Waals surface area contributed by atoms with Crippen molar-refractivity contribution in [3.05, 3.63) is 73.5 Å². The number of nitrogens with one attached hydrogen (secondary N) is 3. The van der Waals surface area contributed by atoms with Crippen LogP contribution < -0.4 is 25.6 Å². The number of aromatic nitrogens is 2. The third-order valence-corrected chi connectivity index (χ3v) is 4.69. The van der Waals surface area contributed by atoms with Gasteiger partial charge in [0.05, 0.1) is 29.8 Å². The Hall–Kier alpha value is -4.72. The van der Waals surface area contributed by atoms with E-state index in [0.29, 0.717) is 17.2 Å². The number of hydrogen-bond donors (Lipinski definition) is 3. The Balaban J connectivity index is 1.86. The van der Waals surface area contributed by atoms with Crippen molar-refractivity contribution >= 4 is 46.2 Å². The molecule has 2 aromatic carbocycles. The summed E-state index contributed by atoms with van der Waals surface area (Å²) >= 11 is 5.74. The van der Waals surface area contributed by atoms with Crippen molar-refractivity contribution < 1.29 is 24.1 Å². The third kappa shape index (κ3) is 5.18. The molecule has 0 aliphatic carbocycles. The van der Waals surface area contributed by atoms with E-state index in [0.717, 1.165) is 12.4 Å². The summed E-state index contributed by atoms with van der Waals surface area (Å²) in [6, 6.07) is 8.17. The zero-order valence-corrected chi connectivity index (χ0v) is 18.3. The SMILES string of the molecule is COc1ccc(Nc2ncnc(NNC(=O)c3ccc(Cl)c([N+](=O)[O-])c3)c2[N+](=O)[O-])c(OC)c1. The molecule has 0 aliphatic heterocycles. The van der Waals surface area contributed by atoms with E-state index in [-0.39, 0.29) is 22.2 Å². The fourth-order valence-electron chi connectivity index (χ4n) is 2.75. The van der Waals surface area contributed by atoms with Crippen LogP contribution in [0.15, 0.2) is 42.7 Å². The van der Waals surface area contributed by atoms with E-state index in [4.69, 9.17) is 21.1 Å². The van der Waals surface area contributed by atoms with Crippen molar-refractivity contribution in [1.29, 1.82) is 0 Å². The average molecular weight is 490 g/mol. The number of carbonyl (C=O) groups excluding carboxylic acids is 1. The molecule has 0 atom stereocenters. The van der Waals surface area contributed by atoms with E-state index < -0.39 is 27.1 Å². The van der Waals surface area contributed by atoms with Gasteiger partial charge >= 0.3 is 5.69 Å². The van der Waals surface area contributed by atoms with Crippen LogP contribution in [-0.4, -0.2) is 39.9 Å². The number of hydrazine groups is 1. The maximum Gasteiger partial charge on any atom is 0.355 e. The van der Waals surface area contributed by atoms with Gasteiger partial charge in [0.1, 0.15) is 22.8 Å². The van der Waals surface area contributed by atoms with Crippen LogP contribution in [0.4, 0.5) is 28.7 Å². The van der Waals surface area contributed by atoms with E-state index >= 15 is 0 Å². The highest BCUT2D eigenvalue weighted by molar-refractivity contribution is 6.32. The van der Waals surface area contributed by atoms with E-state index in [9.17, 15) is 25.0 Å². The van der Waals surface area contributed by atoms with E-state index in [2.05, 4.69) is 26.1 Å². The Morgan fingerprint density at radius 1 is 1.00 bits per heavy atom. The smallest absolute Gasteiger partial charge is 0.355 e. The van der Waals surface area contributed by atoms with Gasteiger partial charge in [0.25, 0.3) is 11.6 Å². The van der Waals surface area contributed by atoms with E-state index in [1.807, 2.05) is 0 Å². The third-order valence-electron chi connectivity index (χ3n) is 4.37. The number of benzene rings is 2. The first kappa shape index (κ1) is 23.9. The fraction of sp³-hybridized carbons (Fsp3) is 0.105. The molecule has 0 unspecified atom stereocenters. The van der Waals surface area contributed by atoms with Crippen molar-refractivity contribution in [2.45, 2.75) is 0 Å². The molecule has 1 amide bonds. The Kier molecular flexibility index (Phi) is 7.23. The second kappa shape index (κ2) is 10.3. The summed E-state index contributed by atoms with van der Waals surface area (Å²) in [6.07, 6.45) is 1.03. The first-order chi connectivity index (χ1) is 16.2. The number of carbonyl (C=O) groups is 1. The lowest BCUT2D eigenvalue weighted by Crippen LogP contribution is -2.30. The topological polar surface area (TPSA) is 184 Å². The van der Waals surface area contributed by atoms with E-state index in [1.54, 1.807) is 18.2 Å². The highest BCUT2D eigenvalue weighted by Gasteiger charge is 2.25. The monoisotopic (exact) mass is 489 g/mol. The number of ether oxygens (including phenoxy) is 2. The first-order valence-electron chi connectivity index (χ1n) is 9.24. The van der Waals surface area contributed by atoms with Crippen molar-refractivity contribution in [3.63, 3.8) is 0 Å². The van der Waals surface area contributed by atoms with Gasteiger partial charge in [-0.25, -0.2) is 9.97 Å². The summed E-state index contributed by atoms with van der Waals surface area (Å²) in [6.45, 7) is 0. The first-order valence-corrected chi connectivity index (χ1v) is 9.61. The Labute approximate surface area is 196 Å². The number of rotatable bonds is 9.